The molecule has 6 heteroatoms. The molecule has 2 aromatic carbocycles. The van der Waals surface area contributed by atoms with Crippen LogP contribution in [0.3, 0.4) is 0 Å². The van der Waals surface area contributed by atoms with Gasteiger partial charge in [-0.05, 0) is 42.8 Å². The fourth-order valence-electron chi connectivity index (χ4n) is 2.16. The van der Waals surface area contributed by atoms with Gasteiger partial charge in [-0.2, -0.15) is 5.26 Å². The van der Waals surface area contributed by atoms with E-state index in [-0.39, 0.29) is 11.3 Å². The lowest BCUT2D eigenvalue weighted by Gasteiger charge is -2.09. The molecule has 0 aromatic heterocycles. The summed E-state index contributed by atoms with van der Waals surface area (Å²) in [6.07, 6.45) is 1.43. The largest absolute Gasteiger partial charge is 0.493 e. The van der Waals surface area contributed by atoms with E-state index in [0.29, 0.717) is 17.0 Å². The Morgan fingerprint density at radius 3 is 2.38 bits per heavy atom. The molecule has 0 fully saturated rings. The van der Waals surface area contributed by atoms with E-state index in [0.717, 1.165) is 5.56 Å². The summed E-state index contributed by atoms with van der Waals surface area (Å²) in [5, 5.41) is 12.0. The number of carbonyl (C=O) groups excluding carboxylic acids is 2. The van der Waals surface area contributed by atoms with Crippen LogP contribution in [0.2, 0.25) is 0 Å². The van der Waals surface area contributed by atoms with Crippen LogP contribution in [0.15, 0.2) is 48.0 Å². The third-order valence-corrected chi connectivity index (χ3v) is 3.43. The molecule has 0 saturated heterocycles. The van der Waals surface area contributed by atoms with E-state index < -0.39 is 11.9 Å². The minimum Gasteiger partial charge on any atom is -0.493 e. The Labute approximate surface area is 151 Å². The Kier molecular flexibility index (Phi) is 6.12. The maximum Gasteiger partial charge on any atom is 0.308 e. The molecule has 0 saturated carbocycles. The van der Waals surface area contributed by atoms with Crippen LogP contribution in [0.4, 0.5) is 5.69 Å². The third kappa shape index (κ3) is 4.95. The lowest BCUT2D eigenvalue weighted by Crippen LogP contribution is -2.13. The summed E-state index contributed by atoms with van der Waals surface area (Å²) >= 11 is 0. The number of benzene rings is 2. The standard InChI is InChI=1S/C20H18N2O4/c1-13-4-7-17(8-5-13)22-20(24)16(12-21)10-15-6-9-18(26-14(2)23)19(11-15)25-3/h4-11H,1-3H3,(H,22,24)/b16-10-. The minimum absolute atomic E-state index is 0.0622. The average molecular weight is 350 g/mol. The van der Waals surface area contributed by atoms with Crippen molar-refractivity contribution in [2.24, 2.45) is 0 Å². The van der Waals surface area contributed by atoms with Gasteiger partial charge >= 0.3 is 5.97 Å². The molecule has 1 N–H and O–H groups in total. The highest BCUT2D eigenvalue weighted by Gasteiger charge is 2.12. The van der Waals surface area contributed by atoms with Crippen molar-refractivity contribution in [3.05, 3.63) is 59.2 Å². The van der Waals surface area contributed by atoms with Gasteiger partial charge in [-0.1, -0.05) is 23.8 Å². The number of esters is 1. The van der Waals surface area contributed by atoms with Gasteiger partial charge in [0.15, 0.2) is 11.5 Å². The van der Waals surface area contributed by atoms with Crippen molar-refractivity contribution < 1.29 is 19.1 Å². The second kappa shape index (κ2) is 8.49. The van der Waals surface area contributed by atoms with Gasteiger partial charge in [-0.25, -0.2) is 0 Å². The smallest absolute Gasteiger partial charge is 0.308 e. The van der Waals surface area contributed by atoms with Gasteiger partial charge in [0.1, 0.15) is 11.6 Å². The molecule has 2 rings (SSSR count). The van der Waals surface area contributed by atoms with Crippen LogP contribution in [-0.4, -0.2) is 19.0 Å². The van der Waals surface area contributed by atoms with E-state index in [4.69, 9.17) is 9.47 Å². The molecule has 0 unspecified atom stereocenters. The van der Waals surface area contributed by atoms with Crippen LogP contribution in [0.5, 0.6) is 11.5 Å². The zero-order chi connectivity index (χ0) is 19.1. The summed E-state index contributed by atoms with van der Waals surface area (Å²) < 4.78 is 10.2. The average Bonchev–Trinajstić information content (AvgIpc) is 2.62. The number of methoxy groups -OCH3 is 1. The maximum absolute atomic E-state index is 12.3. The topological polar surface area (TPSA) is 88.4 Å². The quantitative estimate of drug-likeness (QED) is 0.386. The van der Waals surface area contributed by atoms with E-state index in [9.17, 15) is 14.9 Å². The Hall–Kier alpha value is -3.59. The zero-order valence-electron chi connectivity index (χ0n) is 14.7. The Morgan fingerprint density at radius 2 is 1.81 bits per heavy atom. The molecular weight excluding hydrogens is 332 g/mol. The predicted octanol–water partition coefficient (Wildman–Crippen LogP) is 3.47. The molecule has 0 atom stereocenters. The van der Waals surface area contributed by atoms with Crippen LogP contribution < -0.4 is 14.8 Å². The molecule has 1 amide bonds. The Morgan fingerprint density at radius 1 is 1.12 bits per heavy atom. The third-order valence-electron chi connectivity index (χ3n) is 3.43. The van der Waals surface area contributed by atoms with Crippen molar-refractivity contribution in [3.8, 4) is 17.6 Å². The van der Waals surface area contributed by atoms with Crippen molar-refractivity contribution in [2.45, 2.75) is 13.8 Å². The van der Waals surface area contributed by atoms with Crippen molar-refractivity contribution >= 4 is 23.6 Å². The number of nitrogens with one attached hydrogen (secondary N) is 1. The van der Waals surface area contributed by atoms with Crippen molar-refractivity contribution in [3.63, 3.8) is 0 Å². The van der Waals surface area contributed by atoms with Gasteiger partial charge in [-0.15, -0.1) is 0 Å². The van der Waals surface area contributed by atoms with Crippen molar-refractivity contribution in [2.75, 3.05) is 12.4 Å². The normalized spacial score (nSPS) is 10.6. The molecule has 0 bridgehead atoms. The first-order valence-corrected chi connectivity index (χ1v) is 7.79. The number of amides is 1. The second-order valence-electron chi connectivity index (χ2n) is 5.49. The number of rotatable bonds is 5. The number of hydrogen-bond donors (Lipinski definition) is 1. The van der Waals surface area contributed by atoms with E-state index in [1.54, 1.807) is 30.3 Å². The molecule has 0 aliphatic rings. The summed E-state index contributed by atoms with van der Waals surface area (Å²) in [4.78, 5) is 23.4. The molecule has 0 aliphatic carbocycles. The zero-order valence-corrected chi connectivity index (χ0v) is 14.7. The summed E-state index contributed by atoms with van der Waals surface area (Å²) in [7, 11) is 1.44. The Balaban J connectivity index is 2.24. The number of hydrogen-bond acceptors (Lipinski definition) is 5. The van der Waals surface area contributed by atoms with Gasteiger partial charge in [0.05, 0.1) is 7.11 Å². The highest BCUT2D eigenvalue weighted by molar-refractivity contribution is 6.09. The van der Waals surface area contributed by atoms with Crippen molar-refractivity contribution in [1.29, 1.82) is 5.26 Å². The summed E-state index contributed by atoms with van der Waals surface area (Å²) in [5.41, 5.74) is 2.17. The SMILES string of the molecule is COc1cc(/C=C(/C#N)C(=O)Nc2ccc(C)cc2)ccc1OC(C)=O. The van der Waals surface area contributed by atoms with Crippen LogP contribution in [0.25, 0.3) is 6.08 Å². The van der Waals surface area contributed by atoms with Crippen LogP contribution in [-0.2, 0) is 9.59 Å². The fraction of sp³-hybridized carbons (Fsp3) is 0.150. The summed E-state index contributed by atoms with van der Waals surface area (Å²) in [5.74, 6) is -0.397. The number of anilines is 1. The van der Waals surface area contributed by atoms with Gasteiger partial charge in [0, 0.05) is 12.6 Å². The van der Waals surface area contributed by atoms with E-state index in [2.05, 4.69) is 5.32 Å². The number of aryl methyl sites for hydroxylation is 1. The summed E-state index contributed by atoms with van der Waals surface area (Å²) in [6, 6.07) is 13.9. The van der Waals surface area contributed by atoms with E-state index in [1.807, 2.05) is 25.1 Å². The first-order valence-electron chi connectivity index (χ1n) is 7.79. The monoisotopic (exact) mass is 350 g/mol. The highest BCUT2D eigenvalue weighted by atomic mass is 16.6. The lowest BCUT2D eigenvalue weighted by molar-refractivity contribution is -0.132. The number of carbonyl (C=O) groups is 2. The highest BCUT2D eigenvalue weighted by Crippen LogP contribution is 2.29. The van der Waals surface area contributed by atoms with Gasteiger partial charge < -0.3 is 14.8 Å². The van der Waals surface area contributed by atoms with Crippen LogP contribution in [0, 0.1) is 18.3 Å². The molecular formula is C20H18N2O4. The summed E-state index contributed by atoms with van der Waals surface area (Å²) in [6.45, 7) is 3.23. The molecule has 0 heterocycles. The molecule has 0 spiro atoms. The number of nitrogens with zero attached hydrogens (tertiary/aromatic N) is 1. The number of ether oxygens (including phenoxy) is 2. The van der Waals surface area contributed by atoms with Crippen molar-refractivity contribution in [1.82, 2.24) is 0 Å². The van der Waals surface area contributed by atoms with Crippen LogP contribution >= 0.6 is 0 Å². The van der Waals surface area contributed by atoms with E-state index in [1.165, 1.54) is 20.1 Å². The predicted molar refractivity (Wildman–Crippen MR) is 97.7 cm³/mol. The Bertz CT molecular complexity index is 893. The number of nitriles is 1. The van der Waals surface area contributed by atoms with Crippen LogP contribution in [0.1, 0.15) is 18.1 Å². The van der Waals surface area contributed by atoms with E-state index >= 15 is 0 Å². The lowest BCUT2D eigenvalue weighted by atomic mass is 10.1. The minimum atomic E-state index is -0.514. The molecule has 2 aromatic rings. The first-order chi connectivity index (χ1) is 12.4. The fourth-order valence-corrected chi connectivity index (χ4v) is 2.16. The molecule has 0 radical (unpaired) electrons. The maximum atomic E-state index is 12.3. The molecule has 6 nitrogen and oxygen atoms in total. The molecule has 26 heavy (non-hydrogen) atoms. The van der Waals surface area contributed by atoms with Gasteiger partial charge in [0.2, 0.25) is 0 Å². The van der Waals surface area contributed by atoms with Gasteiger partial charge in [-0.3, -0.25) is 9.59 Å². The first kappa shape index (κ1) is 18.7. The molecule has 0 aliphatic heterocycles. The van der Waals surface area contributed by atoms with Gasteiger partial charge in [0.25, 0.3) is 5.91 Å². The second-order valence-corrected chi connectivity index (χ2v) is 5.49. The molecule has 132 valence electrons.